The van der Waals surface area contributed by atoms with E-state index in [1.807, 2.05) is 17.2 Å². The minimum absolute atomic E-state index is 0.133. The van der Waals surface area contributed by atoms with Gasteiger partial charge in [0.25, 0.3) is 0 Å². The van der Waals surface area contributed by atoms with Crippen LogP contribution in [0.4, 0.5) is 13.2 Å². The number of carbonyl (C=O) groups is 1. The van der Waals surface area contributed by atoms with Crippen molar-refractivity contribution in [1.82, 2.24) is 15.8 Å². The number of alkyl halides is 3. The number of allylic oxidation sites excluding steroid dienone is 2. The minimum Gasteiger partial charge on any atom is -0.475 e. The smallest absolute Gasteiger partial charge is 0.475 e. The molecule has 1 fully saturated rings. The second-order valence-electron chi connectivity index (χ2n) is 3.14. The molecule has 9 heteroatoms. The Morgan fingerprint density at radius 3 is 2.65 bits per heavy atom. The van der Waals surface area contributed by atoms with Crippen LogP contribution in [0.15, 0.2) is 24.0 Å². The van der Waals surface area contributed by atoms with Crippen molar-refractivity contribution >= 4 is 5.97 Å². The Labute approximate surface area is 94.5 Å². The summed E-state index contributed by atoms with van der Waals surface area (Å²) in [5.41, 5.74) is 8.60. The second kappa shape index (κ2) is 5.06. The van der Waals surface area contributed by atoms with Gasteiger partial charge in [-0.2, -0.15) is 18.6 Å². The predicted molar refractivity (Wildman–Crippen MR) is 51.9 cm³/mol. The summed E-state index contributed by atoms with van der Waals surface area (Å²) in [5.74, 6) is -1.71. The first-order valence-corrected chi connectivity index (χ1v) is 4.53. The minimum atomic E-state index is -5.08. The molecule has 0 aromatic heterocycles. The topological polar surface area (TPSA) is 90.6 Å². The van der Waals surface area contributed by atoms with E-state index in [0.717, 1.165) is 12.4 Å². The van der Waals surface area contributed by atoms with Gasteiger partial charge in [0.2, 0.25) is 0 Å². The monoisotopic (exact) mass is 252 g/mol. The van der Waals surface area contributed by atoms with Gasteiger partial charge in [0.1, 0.15) is 12.1 Å². The lowest BCUT2D eigenvalue weighted by Gasteiger charge is -2.17. The van der Waals surface area contributed by atoms with Crippen molar-refractivity contribution in [1.29, 1.82) is 0 Å². The first-order valence-electron chi connectivity index (χ1n) is 4.53. The summed E-state index contributed by atoms with van der Waals surface area (Å²) in [6.07, 6.45) is 0.851. The van der Waals surface area contributed by atoms with Crippen LogP contribution in [0.1, 0.15) is 0 Å². The fourth-order valence-electron chi connectivity index (χ4n) is 1.12. The van der Waals surface area contributed by atoms with E-state index in [0.29, 0.717) is 0 Å². The Bertz CT molecular complexity index is 353. The van der Waals surface area contributed by atoms with E-state index in [2.05, 4.69) is 16.8 Å². The number of nitrogens with one attached hydrogen (secondary N) is 2. The zero-order valence-electron chi connectivity index (χ0n) is 8.53. The largest absolute Gasteiger partial charge is 0.490 e. The van der Waals surface area contributed by atoms with E-state index in [-0.39, 0.29) is 6.29 Å². The van der Waals surface area contributed by atoms with Gasteiger partial charge in [-0.3, -0.25) is 10.7 Å². The molecule has 2 aliphatic rings. The normalized spacial score (nSPS) is 22.0. The van der Waals surface area contributed by atoms with Crippen LogP contribution in [0.3, 0.4) is 0 Å². The van der Waals surface area contributed by atoms with Crippen LogP contribution in [-0.2, 0) is 4.79 Å². The molecule has 5 N–H and O–H groups in total. The number of halogens is 3. The van der Waals surface area contributed by atoms with Gasteiger partial charge in [-0.25, -0.2) is 4.79 Å². The van der Waals surface area contributed by atoms with Gasteiger partial charge in [0.15, 0.2) is 0 Å². The van der Waals surface area contributed by atoms with E-state index in [9.17, 15) is 13.2 Å². The first kappa shape index (κ1) is 13.3. The number of fused-ring (bicyclic) bond motifs is 1. The van der Waals surface area contributed by atoms with Crippen molar-refractivity contribution < 1.29 is 23.1 Å². The molecule has 6 nitrogen and oxygen atoms in total. The van der Waals surface area contributed by atoms with Crippen LogP contribution >= 0.6 is 0 Å². The zero-order valence-corrected chi connectivity index (χ0v) is 8.53. The van der Waals surface area contributed by atoms with Gasteiger partial charge in [0.05, 0.1) is 6.54 Å². The van der Waals surface area contributed by atoms with Crippen LogP contribution in [0, 0.1) is 0 Å². The Morgan fingerprint density at radius 2 is 2.18 bits per heavy atom. The number of carboxylic acid groups (broad SMARTS) is 1. The van der Waals surface area contributed by atoms with Crippen LogP contribution in [0.5, 0.6) is 0 Å². The van der Waals surface area contributed by atoms with Crippen molar-refractivity contribution in [3.05, 3.63) is 24.0 Å². The van der Waals surface area contributed by atoms with Crippen molar-refractivity contribution in [2.45, 2.75) is 12.5 Å². The summed E-state index contributed by atoms with van der Waals surface area (Å²) >= 11 is 0. The number of nitrogens with zero attached hydrogens (tertiary/aromatic N) is 1. The van der Waals surface area contributed by atoms with E-state index in [1.54, 1.807) is 0 Å². The van der Waals surface area contributed by atoms with Gasteiger partial charge < -0.3 is 10.4 Å². The van der Waals surface area contributed by atoms with E-state index < -0.39 is 12.1 Å². The highest BCUT2D eigenvalue weighted by atomic mass is 19.4. The third-order valence-corrected chi connectivity index (χ3v) is 1.81. The third-order valence-electron chi connectivity index (χ3n) is 1.81. The molecule has 1 atom stereocenters. The number of carboxylic acids is 1. The summed E-state index contributed by atoms with van der Waals surface area (Å²) < 4.78 is 31.7. The number of hydrogen-bond acceptors (Lipinski definition) is 5. The fourth-order valence-corrected chi connectivity index (χ4v) is 1.12. The maximum absolute atomic E-state index is 10.6. The molecule has 17 heavy (non-hydrogen) atoms. The summed E-state index contributed by atoms with van der Waals surface area (Å²) in [7, 11) is 0. The van der Waals surface area contributed by atoms with Crippen LogP contribution in [-0.4, -0.2) is 35.1 Å². The number of rotatable bonds is 0. The van der Waals surface area contributed by atoms with Crippen LogP contribution < -0.4 is 16.5 Å². The Morgan fingerprint density at radius 1 is 1.59 bits per heavy atom. The second-order valence-corrected chi connectivity index (χ2v) is 3.14. The van der Waals surface area contributed by atoms with Crippen molar-refractivity contribution in [2.24, 2.45) is 5.73 Å². The zero-order chi connectivity index (χ0) is 13.1. The SMILES string of the molecule is NC1NC2=CC=CCN2N1.O=C(O)C(F)(F)F. The predicted octanol–water partition coefficient (Wildman–Crippen LogP) is -0.317. The summed E-state index contributed by atoms with van der Waals surface area (Å²) in [5, 5.41) is 12.2. The van der Waals surface area contributed by atoms with Gasteiger partial charge in [0, 0.05) is 0 Å². The van der Waals surface area contributed by atoms with Gasteiger partial charge in [-0.15, -0.1) is 0 Å². The van der Waals surface area contributed by atoms with Crippen molar-refractivity contribution in [2.75, 3.05) is 6.54 Å². The Hall–Kier alpha value is -1.74. The van der Waals surface area contributed by atoms with Gasteiger partial charge in [-0.05, 0) is 6.08 Å². The molecule has 2 heterocycles. The molecule has 0 bridgehead atoms. The molecule has 1 unspecified atom stereocenters. The highest BCUT2D eigenvalue weighted by Crippen LogP contribution is 2.13. The van der Waals surface area contributed by atoms with E-state index in [4.69, 9.17) is 15.6 Å². The standard InChI is InChI=1S/C6H10N4.C2HF3O2/c7-6-8-5-3-1-2-4-10(5)9-6;3-2(4,5)1(6)7/h1-3,6,8-9H,4,7H2;(H,6,7). The summed E-state index contributed by atoms with van der Waals surface area (Å²) in [4.78, 5) is 8.90. The summed E-state index contributed by atoms with van der Waals surface area (Å²) in [6, 6.07) is 0. The molecule has 96 valence electrons. The lowest BCUT2D eigenvalue weighted by Crippen LogP contribution is -2.43. The maximum Gasteiger partial charge on any atom is 0.490 e. The molecule has 0 spiro atoms. The third kappa shape index (κ3) is 3.96. The van der Waals surface area contributed by atoms with Gasteiger partial charge in [-0.1, -0.05) is 12.2 Å². The molecule has 2 aliphatic heterocycles. The molecule has 0 aliphatic carbocycles. The lowest BCUT2D eigenvalue weighted by molar-refractivity contribution is -0.192. The molecule has 0 amide bonds. The maximum atomic E-state index is 10.6. The highest BCUT2D eigenvalue weighted by Gasteiger charge is 2.38. The average Bonchev–Trinajstić information content (AvgIpc) is 2.57. The molecule has 0 aromatic carbocycles. The quantitative estimate of drug-likeness (QED) is 0.472. The van der Waals surface area contributed by atoms with Gasteiger partial charge >= 0.3 is 12.1 Å². The molecular weight excluding hydrogens is 241 g/mol. The number of nitrogens with two attached hydrogens (primary N) is 1. The van der Waals surface area contributed by atoms with Crippen molar-refractivity contribution in [3.63, 3.8) is 0 Å². The molecule has 2 rings (SSSR count). The van der Waals surface area contributed by atoms with E-state index >= 15 is 0 Å². The lowest BCUT2D eigenvalue weighted by atomic mass is 10.3. The average molecular weight is 252 g/mol. The van der Waals surface area contributed by atoms with Crippen LogP contribution in [0.25, 0.3) is 0 Å². The Balaban J connectivity index is 0.000000185. The number of hydrogen-bond donors (Lipinski definition) is 4. The number of aliphatic carboxylic acids is 1. The molecular formula is C8H11F3N4O2. The molecule has 0 saturated carbocycles. The fraction of sp³-hybridized carbons (Fsp3) is 0.375. The molecule has 0 aromatic rings. The molecule has 0 radical (unpaired) electrons. The van der Waals surface area contributed by atoms with Crippen LogP contribution in [0.2, 0.25) is 0 Å². The molecule has 1 saturated heterocycles. The first-order chi connectivity index (χ1) is 7.80. The van der Waals surface area contributed by atoms with Crippen molar-refractivity contribution in [3.8, 4) is 0 Å². The highest BCUT2D eigenvalue weighted by molar-refractivity contribution is 5.73. The Kier molecular flexibility index (Phi) is 3.97. The number of hydrazine groups is 1. The van der Waals surface area contributed by atoms with E-state index in [1.165, 1.54) is 0 Å². The summed E-state index contributed by atoms with van der Waals surface area (Å²) in [6.45, 7) is 0.881.